The van der Waals surface area contributed by atoms with E-state index >= 15 is 0 Å². The zero-order chi connectivity index (χ0) is 8.15. The molecule has 0 aliphatic heterocycles. The minimum atomic E-state index is -0.816. The lowest BCUT2D eigenvalue weighted by molar-refractivity contribution is -0.144. The van der Waals surface area contributed by atoms with E-state index in [-0.39, 0.29) is 12.5 Å². The molecule has 0 aromatic carbocycles. The van der Waals surface area contributed by atoms with E-state index in [2.05, 4.69) is 0 Å². The molecule has 0 aromatic rings. The molecule has 0 fully saturated rings. The first-order valence-corrected chi connectivity index (χ1v) is 3.47. The molecule has 3 nitrogen and oxygen atoms in total. The highest BCUT2D eigenvalue weighted by molar-refractivity contribution is 5.70. The number of aliphatic carboxylic acids is 1. The zero-order valence-electron chi connectivity index (χ0n) is 6.37. The summed E-state index contributed by atoms with van der Waals surface area (Å²) in [6, 6.07) is 0. The fourth-order valence-corrected chi connectivity index (χ4v) is 0.948. The Hall–Kier alpha value is -0.570. The summed E-state index contributed by atoms with van der Waals surface area (Å²) < 4.78 is 0. The molecule has 0 aliphatic rings. The Morgan fingerprint density at radius 2 is 2.10 bits per heavy atom. The van der Waals surface area contributed by atoms with Gasteiger partial charge in [-0.15, -0.1) is 0 Å². The van der Waals surface area contributed by atoms with E-state index < -0.39 is 11.9 Å². The average Bonchev–Trinajstić information content (AvgIpc) is 1.88. The van der Waals surface area contributed by atoms with Gasteiger partial charge in [-0.25, -0.2) is 0 Å². The highest BCUT2D eigenvalue weighted by Crippen LogP contribution is 2.14. The number of hydrogen-bond acceptors (Lipinski definition) is 2. The van der Waals surface area contributed by atoms with Crippen molar-refractivity contribution < 1.29 is 15.0 Å². The van der Waals surface area contributed by atoms with Gasteiger partial charge in [-0.1, -0.05) is 13.8 Å². The van der Waals surface area contributed by atoms with Crippen LogP contribution in [0.5, 0.6) is 0 Å². The minimum absolute atomic E-state index is 0.0508. The summed E-state index contributed by atoms with van der Waals surface area (Å²) in [7, 11) is 0. The maximum atomic E-state index is 10.4. The maximum Gasteiger partial charge on any atom is 0.306 e. The number of carbonyl (C=O) groups is 1. The number of hydrogen-bond donors (Lipinski definition) is 2. The van der Waals surface area contributed by atoms with Crippen molar-refractivity contribution in [1.82, 2.24) is 0 Å². The highest BCUT2D eigenvalue weighted by Gasteiger charge is 2.21. The fourth-order valence-electron chi connectivity index (χ4n) is 0.948. The second kappa shape index (κ2) is 4.28. The van der Waals surface area contributed by atoms with Gasteiger partial charge in [-0.05, 0) is 12.3 Å². The van der Waals surface area contributed by atoms with Crippen LogP contribution < -0.4 is 0 Å². The van der Waals surface area contributed by atoms with Crippen LogP contribution in [-0.2, 0) is 4.79 Å². The van der Waals surface area contributed by atoms with Crippen molar-refractivity contribution in [3.63, 3.8) is 0 Å². The zero-order valence-corrected chi connectivity index (χ0v) is 6.37. The second-order valence-corrected chi connectivity index (χ2v) is 2.51. The predicted octanol–water partition coefficient (Wildman–Crippen LogP) is 0.726. The van der Waals surface area contributed by atoms with Crippen molar-refractivity contribution in [2.75, 3.05) is 6.61 Å². The van der Waals surface area contributed by atoms with E-state index in [9.17, 15) is 4.79 Å². The van der Waals surface area contributed by atoms with Gasteiger partial charge in [0.15, 0.2) is 0 Å². The number of aliphatic hydroxyl groups excluding tert-OH is 1. The van der Waals surface area contributed by atoms with Crippen LogP contribution in [0, 0.1) is 11.8 Å². The summed E-state index contributed by atoms with van der Waals surface area (Å²) in [4.78, 5) is 10.4. The summed E-state index contributed by atoms with van der Waals surface area (Å²) in [5.74, 6) is -1.35. The molecule has 0 spiro atoms. The Bertz CT molecular complexity index is 111. The van der Waals surface area contributed by atoms with E-state index in [1.54, 1.807) is 6.92 Å². The van der Waals surface area contributed by atoms with Crippen molar-refractivity contribution in [3.8, 4) is 0 Å². The quantitative estimate of drug-likeness (QED) is 0.614. The lowest BCUT2D eigenvalue weighted by Crippen LogP contribution is -2.23. The molecule has 3 heteroatoms. The molecule has 0 saturated carbocycles. The van der Waals surface area contributed by atoms with Crippen molar-refractivity contribution in [2.24, 2.45) is 11.8 Å². The third-order valence-electron chi connectivity index (χ3n) is 1.73. The standard InChI is InChI=1S/C7H14O3/c1-3-6(7(9)10)5(2)4-8/h5-6,8H,3-4H2,1-2H3,(H,9,10). The summed E-state index contributed by atoms with van der Waals surface area (Å²) in [5.41, 5.74) is 0. The molecule has 0 bridgehead atoms. The molecule has 0 radical (unpaired) electrons. The van der Waals surface area contributed by atoms with Crippen LogP contribution in [0.25, 0.3) is 0 Å². The van der Waals surface area contributed by atoms with Gasteiger partial charge >= 0.3 is 5.97 Å². The van der Waals surface area contributed by atoms with Crippen molar-refractivity contribution in [2.45, 2.75) is 20.3 Å². The normalized spacial score (nSPS) is 16.3. The van der Waals surface area contributed by atoms with Gasteiger partial charge in [-0.2, -0.15) is 0 Å². The summed E-state index contributed by atoms with van der Waals surface area (Å²) in [5, 5.41) is 17.2. The molecule has 60 valence electrons. The third-order valence-corrected chi connectivity index (χ3v) is 1.73. The van der Waals surface area contributed by atoms with Crippen LogP contribution in [-0.4, -0.2) is 22.8 Å². The molecule has 0 saturated heterocycles. The van der Waals surface area contributed by atoms with Gasteiger partial charge < -0.3 is 10.2 Å². The number of carboxylic acid groups (broad SMARTS) is 1. The first-order valence-electron chi connectivity index (χ1n) is 3.47. The van der Waals surface area contributed by atoms with Crippen LogP contribution in [0.2, 0.25) is 0 Å². The van der Waals surface area contributed by atoms with Gasteiger partial charge in [0.1, 0.15) is 0 Å². The molecule has 0 heterocycles. The molecular formula is C7H14O3. The number of rotatable bonds is 4. The SMILES string of the molecule is CCC(C(=O)O)C(C)CO. The van der Waals surface area contributed by atoms with E-state index in [0.29, 0.717) is 6.42 Å². The first kappa shape index (κ1) is 9.43. The first-order chi connectivity index (χ1) is 4.63. The van der Waals surface area contributed by atoms with Crippen LogP contribution in [0.1, 0.15) is 20.3 Å². The lowest BCUT2D eigenvalue weighted by atomic mass is 9.93. The largest absolute Gasteiger partial charge is 0.481 e. The van der Waals surface area contributed by atoms with Crippen molar-refractivity contribution >= 4 is 5.97 Å². The fraction of sp³-hybridized carbons (Fsp3) is 0.857. The Labute approximate surface area is 60.7 Å². The van der Waals surface area contributed by atoms with Crippen LogP contribution in [0.3, 0.4) is 0 Å². The topological polar surface area (TPSA) is 57.5 Å². The molecule has 0 aromatic heterocycles. The van der Waals surface area contributed by atoms with Gasteiger partial charge in [0.2, 0.25) is 0 Å². The number of carboxylic acids is 1. The van der Waals surface area contributed by atoms with Crippen molar-refractivity contribution in [3.05, 3.63) is 0 Å². The monoisotopic (exact) mass is 146 g/mol. The Kier molecular flexibility index (Phi) is 4.03. The summed E-state index contributed by atoms with van der Waals surface area (Å²) in [6.45, 7) is 3.50. The molecule has 0 rings (SSSR count). The predicted molar refractivity (Wildman–Crippen MR) is 37.7 cm³/mol. The van der Waals surface area contributed by atoms with E-state index in [0.717, 1.165) is 0 Å². The molecule has 0 aliphatic carbocycles. The van der Waals surface area contributed by atoms with E-state index in [1.807, 2.05) is 6.92 Å². The summed E-state index contributed by atoms with van der Waals surface area (Å²) >= 11 is 0. The van der Waals surface area contributed by atoms with Crippen molar-refractivity contribution in [1.29, 1.82) is 0 Å². The van der Waals surface area contributed by atoms with E-state index in [1.165, 1.54) is 0 Å². The Morgan fingerprint density at radius 1 is 1.60 bits per heavy atom. The van der Waals surface area contributed by atoms with Crippen LogP contribution in [0.15, 0.2) is 0 Å². The minimum Gasteiger partial charge on any atom is -0.481 e. The molecule has 2 unspecified atom stereocenters. The molecule has 10 heavy (non-hydrogen) atoms. The maximum absolute atomic E-state index is 10.4. The van der Waals surface area contributed by atoms with Gasteiger partial charge in [-0.3, -0.25) is 4.79 Å². The van der Waals surface area contributed by atoms with Gasteiger partial charge in [0, 0.05) is 6.61 Å². The molecule has 0 amide bonds. The number of aliphatic hydroxyl groups is 1. The molecule has 2 atom stereocenters. The molecular weight excluding hydrogens is 132 g/mol. The van der Waals surface area contributed by atoms with Gasteiger partial charge in [0.05, 0.1) is 5.92 Å². The Morgan fingerprint density at radius 3 is 2.20 bits per heavy atom. The smallest absolute Gasteiger partial charge is 0.306 e. The van der Waals surface area contributed by atoms with Gasteiger partial charge in [0.25, 0.3) is 0 Å². The lowest BCUT2D eigenvalue weighted by Gasteiger charge is -2.14. The Balaban J connectivity index is 3.92. The average molecular weight is 146 g/mol. The van der Waals surface area contributed by atoms with E-state index in [4.69, 9.17) is 10.2 Å². The third kappa shape index (κ3) is 2.35. The highest BCUT2D eigenvalue weighted by atomic mass is 16.4. The summed E-state index contributed by atoms with van der Waals surface area (Å²) in [6.07, 6.45) is 0.580. The molecule has 2 N–H and O–H groups in total. The second-order valence-electron chi connectivity index (χ2n) is 2.51. The van der Waals surface area contributed by atoms with Crippen LogP contribution >= 0.6 is 0 Å². The van der Waals surface area contributed by atoms with Crippen LogP contribution in [0.4, 0.5) is 0 Å².